The number of aliphatic hydroxyl groups excluding tert-OH is 1. The van der Waals surface area contributed by atoms with Gasteiger partial charge in [0, 0.05) is 12.5 Å². The van der Waals surface area contributed by atoms with Crippen molar-refractivity contribution in [3.63, 3.8) is 0 Å². The minimum atomic E-state index is -1.20. The third kappa shape index (κ3) is 5.35. The van der Waals surface area contributed by atoms with Gasteiger partial charge in [-0.15, -0.1) is 11.6 Å². The van der Waals surface area contributed by atoms with Gasteiger partial charge in [-0.3, -0.25) is 0 Å². The van der Waals surface area contributed by atoms with E-state index in [0.717, 1.165) is 19.3 Å². The van der Waals surface area contributed by atoms with E-state index in [1.54, 1.807) is 6.08 Å². The van der Waals surface area contributed by atoms with Crippen LogP contribution in [0.3, 0.4) is 0 Å². The number of hydrogen-bond acceptors (Lipinski definition) is 6. The smallest absolute Gasteiger partial charge is 0.110 e. The van der Waals surface area contributed by atoms with Crippen LogP contribution in [0.1, 0.15) is 32.6 Å². The van der Waals surface area contributed by atoms with Crippen LogP contribution in [0.25, 0.3) is 0 Å². The molecule has 1 aliphatic rings. The fraction of sp³-hybridized carbons (Fsp3) is 0.733. The molecule has 1 rings (SSSR count). The van der Waals surface area contributed by atoms with Crippen LogP contribution in [0.4, 0.5) is 0 Å². The molecule has 0 spiro atoms. The first-order valence-electron chi connectivity index (χ1n) is 7.66. The van der Waals surface area contributed by atoms with Gasteiger partial charge >= 0.3 is 0 Å². The number of rotatable bonds is 9. The molecule has 0 saturated carbocycles. The van der Waals surface area contributed by atoms with Crippen molar-refractivity contribution in [2.24, 2.45) is 22.6 Å². The average Bonchev–Trinajstić information content (AvgIpc) is 2.50. The van der Waals surface area contributed by atoms with E-state index in [1.165, 1.54) is 5.57 Å². The minimum Gasteiger partial charge on any atom is -0.497 e. The monoisotopic (exact) mass is 331 g/mol. The normalized spacial score (nSPS) is 27.2. The summed E-state index contributed by atoms with van der Waals surface area (Å²) in [5, 5.41) is 11.9. The molecule has 0 aromatic rings. The maximum atomic E-state index is 10.8. The second-order valence-corrected chi connectivity index (χ2v) is 5.86. The lowest BCUT2D eigenvalue weighted by Crippen LogP contribution is -2.45. The Labute approximate surface area is 136 Å². The number of hydrogen-bond donors (Lipinski definition) is 3. The van der Waals surface area contributed by atoms with Gasteiger partial charge in [0.2, 0.25) is 0 Å². The number of aliphatic hydroxyl groups is 1. The van der Waals surface area contributed by atoms with Crippen molar-refractivity contribution in [3.8, 4) is 0 Å². The van der Waals surface area contributed by atoms with Crippen LogP contribution in [0, 0.1) is 10.8 Å². The lowest BCUT2D eigenvalue weighted by Gasteiger charge is -2.32. The molecule has 0 heterocycles. The lowest BCUT2D eigenvalue weighted by atomic mass is 9.86. The zero-order valence-electron chi connectivity index (χ0n) is 13.0. The number of nitrogens with zero attached hydrogens (tertiary/aromatic N) is 1. The molecular weight excluding hydrogens is 306 g/mol. The van der Waals surface area contributed by atoms with Gasteiger partial charge in [0.05, 0.1) is 12.0 Å². The van der Waals surface area contributed by atoms with E-state index in [-0.39, 0.29) is 0 Å². The van der Waals surface area contributed by atoms with Gasteiger partial charge in [-0.05, 0) is 31.8 Å². The number of nitrogens with two attached hydrogens (primary N) is 2. The topological polar surface area (TPSA) is 111 Å². The third-order valence-corrected chi connectivity index (χ3v) is 4.42. The third-order valence-electron chi connectivity index (χ3n) is 3.92. The number of halogens is 1. The van der Waals surface area contributed by atoms with Gasteiger partial charge in [-0.2, -0.15) is 4.91 Å². The van der Waals surface area contributed by atoms with Crippen molar-refractivity contribution in [2.45, 2.75) is 50.3 Å². The van der Waals surface area contributed by atoms with Gasteiger partial charge in [0.15, 0.2) is 0 Å². The minimum absolute atomic E-state index is 0.383. The van der Waals surface area contributed by atoms with Crippen molar-refractivity contribution in [1.82, 2.24) is 0 Å². The average molecular weight is 332 g/mol. The van der Waals surface area contributed by atoms with Gasteiger partial charge in [0.25, 0.3) is 0 Å². The van der Waals surface area contributed by atoms with E-state index >= 15 is 0 Å². The summed E-state index contributed by atoms with van der Waals surface area (Å²) in [6.07, 6.45) is 5.74. The van der Waals surface area contributed by atoms with Crippen LogP contribution in [-0.2, 0) is 4.74 Å². The standard InChI is InChI=1S/C15H26ClN3O3/c1-2-10(7-8-17)4-3-9-22-12-6-5-11(19-21)13(14(12)16)15(18)20/h6-7,11,13-15,20H,2-5,8-9,17-18H2,1H3/b10-7+/t11-,13-,14?,15+/m1/s1. The van der Waals surface area contributed by atoms with Gasteiger partial charge in [-0.25, -0.2) is 0 Å². The zero-order valence-corrected chi connectivity index (χ0v) is 13.7. The van der Waals surface area contributed by atoms with E-state index in [9.17, 15) is 10.0 Å². The Morgan fingerprint density at radius 1 is 1.68 bits per heavy atom. The fourth-order valence-corrected chi connectivity index (χ4v) is 3.09. The molecule has 0 aliphatic heterocycles. The molecule has 22 heavy (non-hydrogen) atoms. The highest BCUT2D eigenvalue weighted by Crippen LogP contribution is 2.33. The van der Waals surface area contributed by atoms with Crippen LogP contribution >= 0.6 is 11.6 Å². The van der Waals surface area contributed by atoms with Gasteiger partial charge in [-0.1, -0.05) is 23.7 Å². The molecule has 0 bridgehead atoms. The highest BCUT2D eigenvalue weighted by Gasteiger charge is 2.39. The van der Waals surface area contributed by atoms with Crippen molar-refractivity contribution in [3.05, 3.63) is 28.4 Å². The summed E-state index contributed by atoms with van der Waals surface area (Å²) in [4.78, 5) is 10.8. The Bertz CT molecular complexity index is 413. The first kappa shape index (κ1) is 19.1. The molecule has 6 nitrogen and oxygen atoms in total. The predicted octanol–water partition coefficient (Wildman–Crippen LogP) is 2.00. The molecule has 0 aromatic heterocycles. The number of ether oxygens (including phenoxy) is 1. The summed E-state index contributed by atoms with van der Waals surface area (Å²) in [5.74, 6) is -0.0561. The van der Waals surface area contributed by atoms with E-state index in [1.807, 2.05) is 6.08 Å². The van der Waals surface area contributed by atoms with Crippen LogP contribution in [0.15, 0.2) is 28.7 Å². The maximum absolute atomic E-state index is 10.8. The maximum Gasteiger partial charge on any atom is 0.110 e. The van der Waals surface area contributed by atoms with E-state index in [4.69, 9.17) is 27.8 Å². The van der Waals surface area contributed by atoms with Crippen LogP contribution in [0.2, 0.25) is 0 Å². The molecule has 4 atom stereocenters. The molecule has 0 saturated heterocycles. The molecule has 0 radical (unpaired) electrons. The first-order chi connectivity index (χ1) is 10.5. The SMILES string of the molecule is CC/C(=C\CN)CCCOC1=CC[C@@H](N=O)[C@@H]([C@@H](N)O)C1Cl. The Kier molecular flexibility index (Phi) is 8.63. The first-order valence-corrected chi connectivity index (χ1v) is 8.09. The van der Waals surface area contributed by atoms with Crippen LogP contribution in [0.5, 0.6) is 0 Å². The Balaban J connectivity index is 2.50. The number of nitroso groups, excluding NO2 is 1. The molecule has 0 aromatic carbocycles. The Morgan fingerprint density at radius 3 is 2.95 bits per heavy atom. The molecule has 7 heteroatoms. The van der Waals surface area contributed by atoms with Crippen molar-refractivity contribution < 1.29 is 9.84 Å². The van der Waals surface area contributed by atoms with E-state index < -0.39 is 23.6 Å². The van der Waals surface area contributed by atoms with Gasteiger partial charge < -0.3 is 21.3 Å². The molecule has 5 N–H and O–H groups in total. The second-order valence-electron chi connectivity index (χ2n) is 5.39. The molecular formula is C15H26ClN3O3. The van der Waals surface area contributed by atoms with Crippen LogP contribution < -0.4 is 11.5 Å². The molecule has 126 valence electrons. The van der Waals surface area contributed by atoms with Crippen molar-refractivity contribution in [2.75, 3.05) is 13.2 Å². The largest absolute Gasteiger partial charge is 0.497 e. The number of alkyl halides is 1. The predicted molar refractivity (Wildman–Crippen MR) is 88.2 cm³/mol. The summed E-state index contributed by atoms with van der Waals surface area (Å²) in [6, 6.07) is -0.617. The fourth-order valence-electron chi connectivity index (χ4n) is 2.62. The molecule has 1 unspecified atom stereocenters. The molecule has 0 amide bonds. The number of allylic oxidation sites excluding steroid dienone is 2. The van der Waals surface area contributed by atoms with Crippen molar-refractivity contribution >= 4 is 11.6 Å². The van der Waals surface area contributed by atoms with Gasteiger partial charge in [0.1, 0.15) is 18.0 Å². The zero-order chi connectivity index (χ0) is 16.5. The highest BCUT2D eigenvalue weighted by molar-refractivity contribution is 6.22. The highest BCUT2D eigenvalue weighted by atomic mass is 35.5. The van der Waals surface area contributed by atoms with Crippen LogP contribution in [-0.4, -0.2) is 35.9 Å². The molecule has 0 fully saturated rings. The lowest BCUT2D eigenvalue weighted by molar-refractivity contribution is 0.0785. The summed E-state index contributed by atoms with van der Waals surface area (Å²) in [6.45, 7) is 3.17. The van der Waals surface area contributed by atoms with Crippen molar-refractivity contribution in [1.29, 1.82) is 0 Å². The summed E-state index contributed by atoms with van der Waals surface area (Å²) in [5.41, 5.74) is 12.3. The van der Waals surface area contributed by atoms with E-state index in [2.05, 4.69) is 12.1 Å². The summed E-state index contributed by atoms with van der Waals surface area (Å²) in [7, 11) is 0. The molecule has 1 aliphatic carbocycles. The summed E-state index contributed by atoms with van der Waals surface area (Å²) < 4.78 is 5.70. The van der Waals surface area contributed by atoms with E-state index in [0.29, 0.717) is 25.3 Å². The Morgan fingerprint density at radius 2 is 2.41 bits per heavy atom. The second kappa shape index (κ2) is 9.94. The quantitative estimate of drug-likeness (QED) is 0.197. The Hall–Kier alpha value is -0.950. The summed E-state index contributed by atoms with van der Waals surface area (Å²) >= 11 is 6.28.